The van der Waals surface area contributed by atoms with E-state index in [0.29, 0.717) is 11.1 Å². The number of carboxylic acids is 1. The van der Waals surface area contributed by atoms with E-state index in [4.69, 9.17) is 0 Å². The van der Waals surface area contributed by atoms with Crippen molar-refractivity contribution in [2.75, 3.05) is 6.54 Å². The van der Waals surface area contributed by atoms with Gasteiger partial charge in [-0.1, -0.05) is 95.2 Å². The van der Waals surface area contributed by atoms with Crippen LogP contribution in [0.1, 0.15) is 116 Å². The summed E-state index contributed by atoms with van der Waals surface area (Å²) in [7, 11) is 0. The maximum Gasteiger partial charge on any atom is 0.330 e. The molecule has 2 aromatic carbocycles. The Morgan fingerprint density at radius 1 is 0.692 bits per heavy atom. The summed E-state index contributed by atoms with van der Waals surface area (Å²) in [5.41, 5.74) is 3.82. The third-order valence-electron chi connectivity index (χ3n) is 6.81. The lowest BCUT2D eigenvalue weighted by atomic mass is 9.79. The van der Waals surface area contributed by atoms with Crippen LogP contribution in [0.25, 0.3) is 0 Å². The van der Waals surface area contributed by atoms with E-state index in [0.717, 1.165) is 22.3 Å². The van der Waals surface area contributed by atoms with Gasteiger partial charge >= 0.3 is 5.97 Å². The summed E-state index contributed by atoms with van der Waals surface area (Å²) in [6.45, 7) is 24.7. The van der Waals surface area contributed by atoms with E-state index in [1.165, 1.54) is 12.4 Å². The lowest BCUT2D eigenvalue weighted by molar-refractivity contribution is -0.138. The lowest BCUT2D eigenvalue weighted by Crippen LogP contribution is -2.22. The third-order valence-corrected chi connectivity index (χ3v) is 6.81. The van der Waals surface area contributed by atoms with Crippen LogP contribution in [0.4, 0.5) is 0 Å². The second-order valence-corrected chi connectivity index (χ2v) is 14.5. The van der Waals surface area contributed by atoms with Crippen LogP contribution in [0.5, 0.6) is 11.5 Å². The number of rotatable bonds is 6. The van der Waals surface area contributed by atoms with E-state index in [1.54, 1.807) is 0 Å². The Kier molecular flexibility index (Phi) is 9.17. The van der Waals surface area contributed by atoms with Crippen LogP contribution >= 0.6 is 0 Å². The van der Waals surface area contributed by atoms with E-state index in [2.05, 4.69) is 51.5 Å². The molecular weight excluding hydrogens is 488 g/mol. The molecule has 0 saturated heterocycles. The summed E-state index contributed by atoms with van der Waals surface area (Å²) >= 11 is 0. The molecule has 0 aliphatic rings. The Morgan fingerprint density at radius 3 is 1.41 bits per heavy atom. The Morgan fingerprint density at radius 2 is 1.08 bits per heavy atom. The Labute approximate surface area is 234 Å². The Bertz CT molecular complexity index is 1260. The smallest absolute Gasteiger partial charge is 0.330 e. The predicted molar refractivity (Wildman–Crippen MR) is 162 cm³/mol. The molecule has 0 unspecified atom stereocenters. The van der Waals surface area contributed by atoms with Gasteiger partial charge in [-0.3, -0.25) is 9.98 Å². The van der Waals surface area contributed by atoms with E-state index in [-0.39, 0.29) is 39.7 Å². The minimum Gasteiger partial charge on any atom is -0.507 e. The zero-order valence-corrected chi connectivity index (χ0v) is 25.9. The summed E-state index contributed by atoms with van der Waals surface area (Å²) in [6, 6.07) is 6.65. The monoisotopic (exact) mass is 536 g/mol. The number of aliphatic imine (C=N–C) groups is 2. The standard InChI is InChI=1S/C33H48N2O4/c1-30(2,3)22-13-20(27(36)24(15-22)32(7,8)9)17-34-19-26(29(38)39)35-18-21-14-23(31(4,5)6)16-25(28(21)37)33(10,11)12/h13-18,26,36-37H,19H2,1-12H3,(H,38,39)/t26-/m0/s1. The molecule has 0 spiro atoms. The maximum atomic E-state index is 12.0. The molecule has 214 valence electrons. The summed E-state index contributed by atoms with van der Waals surface area (Å²) < 4.78 is 0. The van der Waals surface area contributed by atoms with E-state index in [1.807, 2.05) is 65.8 Å². The molecule has 0 saturated carbocycles. The first kappa shape index (κ1) is 32.1. The first-order valence-corrected chi connectivity index (χ1v) is 13.5. The van der Waals surface area contributed by atoms with E-state index < -0.39 is 12.0 Å². The van der Waals surface area contributed by atoms with Crippen LogP contribution < -0.4 is 0 Å². The minimum atomic E-state index is -1.15. The van der Waals surface area contributed by atoms with Crippen molar-refractivity contribution in [2.45, 2.75) is 111 Å². The molecule has 0 heterocycles. The molecule has 2 rings (SSSR count). The van der Waals surface area contributed by atoms with Gasteiger partial charge in [-0.25, -0.2) is 4.79 Å². The average Bonchev–Trinajstić information content (AvgIpc) is 2.74. The molecule has 6 nitrogen and oxygen atoms in total. The topological polar surface area (TPSA) is 102 Å². The zero-order chi connectivity index (χ0) is 30.1. The number of benzene rings is 2. The van der Waals surface area contributed by atoms with Crippen LogP contribution in [0.3, 0.4) is 0 Å². The van der Waals surface area contributed by atoms with Gasteiger partial charge in [0.2, 0.25) is 0 Å². The second-order valence-electron chi connectivity index (χ2n) is 14.5. The van der Waals surface area contributed by atoms with Crippen LogP contribution in [0.2, 0.25) is 0 Å². The van der Waals surface area contributed by atoms with Crippen molar-refractivity contribution in [1.29, 1.82) is 0 Å². The normalized spacial score (nSPS) is 14.4. The molecule has 0 aliphatic carbocycles. The van der Waals surface area contributed by atoms with Crippen molar-refractivity contribution in [3.63, 3.8) is 0 Å². The fourth-order valence-electron chi connectivity index (χ4n) is 4.13. The molecule has 0 fully saturated rings. The van der Waals surface area contributed by atoms with Gasteiger partial charge < -0.3 is 15.3 Å². The number of phenols is 2. The van der Waals surface area contributed by atoms with Crippen LogP contribution in [0.15, 0.2) is 34.3 Å². The fraction of sp³-hybridized carbons (Fsp3) is 0.545. The predicted octanol–water partition coefficient (Wildman–Crippen LogP) is 7.28. The number of nitrogens with zero attached hydrogens (tertiary/aromatic N) is 2. The highest BCUT2D eigenvalue weighted by Gasteiger charge is 2.26. The molecule has 0 bridgehead atoms. The van der Waals surface area contributed by atoms with Gasteiger partial charge in [-0.15, -0.1) is 0 Å². The lowest BCUT2D eigenvalue weighted by Gasteiger charge is -2.27. The number of carboxylic acid groups (broad SMARTS) is 1. The van der Waals surface area contributed by atoms with Gasteiger partial charge in [0.15, 0.2) is 6.04 Å². The highest BCUT2D eigenvalue weighted by Crippen LogP contribution is 2.38. The quantitative estimate of drug-likeness (QED) is 0.338. The molecule has 0 amide bonds. The Balaban J connectivity index is 2.47. The van der Waals surface area contributed by atoms with Crippen LogP contribution in [-0.4, -0.2) is 46.3 Å². The third kappa shape index (κ3) is 8.17. The molecule has 0 radical (unpaired) electrons. The highest BCUT2D eigenvalue weighted by molar-refractivity contribution is 5.88. The van der Waals surface area contributed by atoms with Crippen LogP contribution in [-0.2, 0) is 26.5 Å². The molecule has 3 N–H and O–H groups in total. The largest absolute Gasteiger partial charge is 0.507 e. The summed E-state index contributed by atoms with van der Waals surface area (Å²) in [5.74, 6) is -0.868. The molecule has 6 heteroatoms. The van der Waals surface area contributed by atoms with Crippen molar-refractivity contribution in [3.8, 4) is 11.5 Å². The number of phenolic OH excluding ortho intramolecular Hbond substituents is 2. The number of carbonyl (C=O) groups is 1. The molecule has 2 aromatic rings. The maximum absolute atomic E-state index is 12.0. The van der Waals surface area contributed by atoms with Gasteiger partial charge in [0.25, 0.3) is 0 Å². The van der Waals surface area contributed by atoms with E-state index in [9.17, 15) is 20.1 Å². The molecule has 0 aromatic heterocycles. The molecule has 39 heavy (non-hydrogen) atoms. The second kappa shape index (κ2) is 11.1. The van der Waals surface area contributed by atoms with Crippen molar-refractivity contribution in [3.05, 3.63) is 57.6 Å². The van der Waals surface area contributed by atoms with Gasteiger partial charge in [0.05, 0.1) is 6.54 Å². The van der Waals surface area contributed by atoms with Crippen molar-refractivity contribution < 1.29 is 20.1 Å². The molecule has 0 aliphatic heterocycles. The van der Waals surface area contributed by atoms with Gasteiger partial charge in [0, 0.05) is 34.7 Å². The summed E-state index contributed by atoms with van der Waals surface area (Å²) in [6.07, 6.45) is 2.96. The van der Waals surface area contributed by atoms with Gasteiger partial charge in [-0.2, -0.15) is 0 Å². The Hall–Kier alpha value is -3.15. The SMILES string of the molecule is CC(C)(C)c1cc(C=NC[C@H](N=Cc2cc(C(C)(C)C)cc(C(C)(C)C)c2O)C(=O)O)c(O)c(C(C)(C)C)c1. The van der Waals surface area contributed by atoms with Crippen LogP contribution in [0, 0.1) is 0 Å². The zero-order valence-electron chi connectivity index (χ0n) is 25.9. The molecule has 1 atom stereocenters. The van der Waals surface area contributed by atoms with Gasteiger partial charge in [0.1, 0.15) is 11.5 Å². The summed E-state index contributed by atoms with van der Waals surface area (Å²) in [5, 5.41) is 31.8. The number of aliphatic carboxylic acids is 1. The summed E-state index contributed by atoms with van der Waals surface area (Å²) in [4.78, 5) is 20.7. The highest BCUT2D eigenvalue weighted by atomic mass is 16.4. The van der Waals surface area contributed by atoms with Gasteiger partial charge in [-0.05, 0) is 44.9 Å². The van der Waals surface area contributed by atoms with Crippen molar-refractivity contribution in [2.24, 2.45) is 9.98 Å². The molecular formula is C33H48N2O4. The average molecular weight is 537 g/mol. The fourth-order valence-corrected chi connectivity index (χ4v) is 4.13. The minimum absolute atomic E-state index is 0.102. The van der Waals surface area contributed by atoms with Crippen molar-refractivity contribution >= 4 is 18.4 Å². The van der Waals surface area contributed by atoms with Crippen molar-refractivity contribution in [1.82, 2.24) is 0 Å². The number of hydrogen-bond donors (Lipinski definition) is 3. The first-order chi connectivity index (χ1) is 17.5. The number of aromatic hydroxyl groups is 2. The first-order valence-electron chi connectivity index (χ1n) is 13.5. The number of hydrogen-bond acceptors (Lipinski definition) is 5. The van der Waals surface area contributed by atoms with E-state index >= 15 is 0 Å².